The third-order valence-electron chi connectivity index (χ3n) is 3.29. The van der Waals surface area contributed by atoms with Gasteiger partial charge in [-0.25, -0.2) is 0 Å². The zero-order valence-electron chi connectivity index (χ0n) is 12.1. The third kappa shape index (κ3) is 5.16. The molecule has 0 aliphatic carbocycles. The lowest BCUT2D eigenvalue weighted by Gasteiger charge is -2.37. The summed E-state index contributed by atoms with van der Waals surface area (Å²) in [5.74, 6) is -1.46. The van der Waals surface area contributed by atoms with Gasteiger partial charge in [-0.3, -0.25) is 9.59 Å². The van der Waals surface area contributed by atoms with Crippen molar-refractivity contribution in [2.24, 2.45) is 5.73 Å². The van der Waals surface area contributed by atoms with E-state index in [1.807, 2.05) is 0 Å². The first-order chi connectivity index (χ1) is 9.55. The second kappa shape index (κ2) is 6.61. The number of nitrogens with zero attached hydrogens (tertiary/aromatic N) is 2. The second-order valence-corrected chi connectivity index (χ2v) is 5.33. The van der Waals surface area contributed by atoms with Crippen LogP contribution in [0.4, 0.5) is 13.2 Å². The van der Waals surface area contributed by atoms with Crippen molar-refractivity contribution in [1.29, 1.82) is 0 Å². The molecule has 9 heteroatoms. The first kappa shape index (κ1) is 17.7. The Kier molecular flexibility index (Phi) is 5.57. The maximum Gasteiger partial charge on any atom is 0.406 e. The largest absolute Gasteiger partial charge is 0.406 e. The molecule has 0 bridgehead atoms. The van der Waals surface area contributed by atoms with Gasteiger partial charge in [0, 0.05) is 27.3 Å². The molecule has 0 saturated carbocycles. The number of nitrogens with two attached hydrogens (primary N) is 1. The van der Waals surface area contributed by atoms with Crippen LogP contribution in [0.25, 0.3) is 0 Å². The Bertz CT molecular complexity index is 393. The lowest BCUT2D eigenvalue weighted by Crippen LogP contribution is -2.60. The van der Waals surface area contributed by atoms with Crippen molar-refractivity contribution in [2.75, 3.05) is 40.4 Å². The van der Waals surface area contributed by atoms with Gasteiger partial charge in [-0.2, -0.15) is 13.2 Å². The van der Waals surface area contributed by atoms with E-state index in [-0.39, 0.29) is 26.1 Å². The Hall–Kier alpha value is -1.35. The number of halogens is 3. The van der Waals surface area contributed by atoms with Crippen molar-refractivity contribution in [3.63, 3.8) is 0 Å². The molecule has 2 amide bonds. The number of carbonyl (C=O) groups excluding carboxylic acids is 2. The Labute approximate surface area is 121 Å². The van der Waals surface area contributed by atoms with Crippen LogP contribution in [0.3, 0.4) is 0 Å². The van der Waals surface area contributed by atoms with Gasteiger partial charge in [0.25, 0.3) is 0 Å². The molecular formula is C12H20F3N3O3. The summed E-state index contributed by atoms with van der Waals surface area (Å²) in [5, 5.41) is 0. The Morgan fingerprint density at radius 1 is 1.24 bits per heavy atom. The van der Waals surface area contributed by atoms with Gasteiger partial charge in [0.1, 0.15) is 13.1 Å². The van der Waals surface area contributed by atoms with Crippen molar-refractivity contribution in [2.45, 2.75) is 24.6 Å². The van der Waals surface area contributed by atoms with Gasteiger partial charge in [-0.1, -0.05) is 0 Å². The molecule has 0 atom stereocenters. The molecule has 21 heavy (non-hydrogen) atoms. The molecule has 6 nitrogen and oxygen atoms in total. The molecule has 1 aliphatic rings. The van der Waals surface area contributed by atoms with Gasteiger partial charge in [0.2, 0.25) is 11.8 Å². The van der Waals surface area contributed by atoms with Gasteiger partial charge in [0.05, 0.1) is 5.54 Å². The van der Waals surface area contributed by atoms with Gasteiger partial charge in [-0.05, 0) is 12.8 Å². The standard InChI is InChI=1S/C12H20F3N3O3/c1-17(2)9(19)7-18(8-12(13,14)15)10(20)11(16)3-5-21-6-4-11/h3-8,16H2,1-2H3. The highest BCUT2D eigenvalue weighted by molar-refractivity contribution is 5.90. The number of alkyl halides is 3. The molecule has 122 valence electrons. The molecule has 0 aromatic carbocycles. The molecule has 1 fully saturated rings. The quantitative estimate of drug-likeness (QED) is 0.791. The second-order valence-electron chi connectivity index (χ2n) is 5.33. The molecule has 1 heterocycles. The van der Waals surface area contributed by atoms with Crippen LogP contribution >= 0.6 is 0 Å². The minimum Gasteiger partial charge on any atom is -0.381 e. The van der Waals surface area contributed by atoms with Crippen LogP contribution in [0.1, 0.15) is 12.8 Å². The lowest BCUT2D eigenvalue weighted by molar-refractivity contribution is -0.168. The number of likely N-dealkylation sites (N-methyl/N-ethyl adjacent to an activating group) is 1. The third-order valence-corrected chi connectivity index (χ3v) is 3.29. The molecule has 0 aromatic rings. The van der Waals surface area contributed by atoms with E-state index in [2.05, 4.69) is 0 Å². The predicted molar refractivity (Wildman–Crippen MR) is 68.3 cm³/mol. The van der Waals surface area contributed by atoms with E-state index in [1.54, 1.807) is 0 Å². The summed E-state index contributed by atoms with van der Waals surface area (Å²) in [4.78, 5) is 25.6. The predicted octanol–water partition coefficient (Wildman–Crippen LogP) is -0.0266. The highest BCUT2D eigenvalue weighted by Gasteiger charge is 2.43. The number of hydrogen-bond acceptors (Lipinski definition) is 4. The number of carbonyl (C=O) groups is 2. The number of hydrogen-bond donors (Lipinski definition) is 1. The normalized spacial score (nSPS) is 18.2. The molecule has 0 unspecified atom stereocenters. The smallest absolute Gasteiger partial charge is 0.381 e. The topological polar surface area (TPSA) is 75.9 Å². The summed E-state index contributed by atoms with van der Waals surface area (Å²) in [7, 11) is 2.82. The van der Waals surface area contributed by atoms with Gasteiger partial charge < -0.3 is 20.3 Å². The SMILES string of the molecule is CN(C)C(=O)CN(CC(F)(F)F)C(=O)C1(N)CCOCC1. The average Bonchev–Trinajstić information content (AvgIpc) is 2.36. The van der Waals surface area contributed by atoms with Gasteiger partial charge in [-0.15, -0.1) is 0 Å². The summed E-state index contributed by atoms with van der Waals surface area (Å²) in [5.41, 5.74) is 4.50. The fraction of sp³-hybridized carbons (Fsp3) is 0.833. The lowest BCUT2D eigenvalue weighted by atomic mass is 9.89. The minimum atomic E-state index is -4.59. The summed E-state index contributed by atoms with van der Waals surface area (Å²) in [6, 6.07) is 0. The fourth-order valence-electron chi connectivity index (χ4n) is 1.99. The minimum absolute atomic E-state index is 0.135. The van der Waals surface area contributed by atoms with Crippen LogP contribution in [0.2, 0.25) is 0 Å². The van der Waals surface area contributed by atoms with Crippen molar-refractivity contribution < 1.29 is 27.5 Å². The summed E-state index contributed by atoms with van der Waals surface area (Å²) < 4.78 is 42.9. The zero-order valence-corrected chi connectivity index (χ0v) is 12.1. The number of rotatable bonds is 4. The maximum absolute atomic E-state index is 12.6. The maximum atomic E-state index is 12.6. The van der Waals surface area contributed by atoms with Crippen LogP contribution in [0, 0.1) is 0 Å². The van der Waals surface area contributed by atoms with Crippen LogP contribution in [0.15, 0.2) is 0 Å². The molecule has 0 radical (unpaired) electrons. The van der Waals surface area contributed by atoms with E-state index < -0.39 is 36.6 Å². The molecule has 0 aromatic heterocycles. The van der Waals surface area contributed by atoms with E-state index >= 15 is 0 Å². The van der Waals surface area contributed by atoms with Crippen LogP contribution in [0.5, 0.6) is 0 Å². The van der Waals surface area contributed by atoms with Crippen molar-refractivity contribution >= 4 is 11.8 Å². The summed E-state index contributed by atoms with van der Waals surface area (Å²) in [6.45, 7) is -1.72. The zero-order chi connectivity index (χ0) is 16.3. The Morgan fingerprint density at radius 3 is 2.19 bits per heavy atom. The first-order valence-electron chi connectivity index (χ1n) is 6.48. The number of amides is 2. The van der Waals surface area contributed by atoms with Crippen molar-refractivity contribution in [3.8, 4) is 0 Å². The summed E-state index contributed by atoms with van der Waals surface area (Å²) in [6.07, 6.45) is -4.32. The summed E-state index contributed by atoms with van der Waals surface area (Å²) >= 11 is 0. The van der Waals surface area contributed by atoms with Crippen molar-refractivity contribution in [1.82, 2.24) is 9.80 Å². The fourth-order valence-corrected chi connectivity index (χ4v) is 1.99. The monoisotopic (exact) mass is 311 g/mol. The first-order valence-corrected chi connectivity index (χ1v) is 6.48. The molecule has 0 spiro atoms. The van der Waals surface area contributed by atoms with Crippen LogP contribution in [-0.2, 0) is 14.3 Å². The van der Waals surface area contributed by atoms with E-state index in [0.717, 1.165) is 4.90 Å². The molecule has 1 aliphatic heterocycles. The highest BCUT2D eigenvalue weighted by atomic mass is 19.4. The van der Waals surface area contributed by atoms with E-state index in [4.69, 9.17) is 10.5 Å². The molecule has 2 N–H and O–H groups in total. The molecule has 1 saturated heterocycles. The Morgan fingerprint density at radius 2 is 1.76 bits per heavy atom. The Balaban J connectivity index is 2.88. The van der Waals surface area contributed by atoms with Crippen molar-refractivity contribution in [3.05, 3.63) is 0 Å². The molecule has 1 rings (SSSR count). The number of ether oxygens (including phenoxy) is 1. The highest BCUT2D eigenvalue weighted by Crippen LogP contribution is 2.23. The van der Waals surface area contributed by atoms with Crippen LogP contribution in [-0.4, -0.2) is 73.7 Å². The van der Waals surface area contributed by atoms with Gasteiger partial charge >= 0.3 is 6.18 Å². The van der Waals surface area contributed by atoms with Crippen LogP contribution < -0.4 is 5.73 Å². The van der Waals surface area contributed by atoms with E-state index in [1.165, 1.54) is 14.1 Å². The van der Waals surface area contributed by atoms with Gasteiger partial charge in [0.15, 0.2) is 0 Å². The molecular weight excluding hydrogens is 291 g/mol. The average molecular weight is 311 g/mol. The van der Waals surface area contributed by atoms with E-state index in [9.17, 15) is 22.8 Å². The van der Waals surface area contributed by atoms with E-state index in [0.29, 0.717) is 4.90 Å².